The molecule has 84 valence electrons. The monoisotopic (exact) mass is 198 g/mol. The summed E-state index contributed by atoms with van der Waals surface area (Å²) in [7, 11) is 0. The molecule has 0 amide bonds. The van der Waals surface area contributed by atoms with Gasteiger partial charge in [0.05, 0.1) is 0 Å². The van der Waals surface area contributed by atoms with Crippen LogP contribution in [0.15, 0.2) is 0 Å². The van der Waals surface area contributed by atoms with Gasteiger partial charge in [0.15, 0.2) is 0 Å². The van der Waals surface area contributed by atoms with Crippen LogP contribution < -0.4 is 11.1 Å². The minimum Gasteiger partial charge on any atom is -0.324 e. The van der Waals surface area contributed by atoms with E-state index in [2.05, 4.69) is 26.1 Å². The summed E-state index contributed by atoms with van der Waals surface area (Å²) in [6, 6.07) is 0. The van der Waals surface area contributed by atoms with E-state index in [-0.39, 0.29) is 5.54 Å². The molecular formula is C12H26N2. The number of hydrogen-bond donors (Lipinski definition) is 2. The van der Waals surface area contributed by atoms with Crippen LogP contribution in [0.1, 0.15) is 52.9 Å². The van der Waals surface area contributed by atoms with E-state index in [9.17, 15) is 0 Å². The molecule has 0 saturated heterocycles. The van der Waals surface area contributed by atoms with E-state index in [0.717, 1.165) is 13.1 Å². The van der Waals surface area contributed by atoms with Gasteiger partial charge in [0.25, 0.3) is 0 Å². The lowest BCUT2D eigenvalue weighted by atomic mass is 9.89. The SMILES string of the molecule is CCC(C)(C)CNCC1(N)CCCC1. The summed E-state index contributed by atoms with van der Waals surface area (Å²) in [5.74, 6) is 0. The Hall–Kier alpha value is -0.0800. The molecule has 0 atom stereocenters. The largest absolute Gasteiger partial charge is 0.324 e. The van der Waals surface area contributed by atoms with Gasteiger partial charge in [-0.2, -0.15) is 0 Å². The van der Waals surface area contributed by atoms with Crippen molar-refractivity contribution in [3.8, 4) is 0 Å². The smallest absolute Gasteiger partial charge is 0.0280 e. The molecule has 0 spiro atoms. The van der Waals surface area contributed by atoms with Crippen LogP contribution >= 0.6 is 0 Å². The highest BCUT2D eigenvalue weighted by Gasteiger charge is 2.29. The fourth-order valence-corrected chi connectivity index (χ4v) is 2.03. The average molecular weight is 198 g/mol. The van der Waals surface area contributed by atoms with Crippen LogP contribution in [0.3, 0.4) is 0 Å². The lowest BCUT2D eigenvalue weighted by Gasteiger charge is -2.28. The van der Waals surface area contributed by atoms with E-state index < -0.39 is 0 Å². The zero-order chi connectivity index (χ0) is 10.7. The van der Waals surface area contributed by atoms with E-state index >= 15 is 0 Å². The van der Waals surface area contributed by atoms with Gasteiger partial charge in [-0.15, -0.1) is 0 Å². The summed E-state index contributed by atoms with van der Waals surface area (Å²) in [6.07, 6.45) is 6.25. The first-order valence-corrected chi connectivity index (χ1v) is 5.97. The summed E-state index contributed by atoms with van der Waals surface area (Å²) < 4.78 is 0. The maximum Gasteiger partial charge on any atom is 0.0280 e. The molecule has 3 N–H and O–H groups in total. The molecule has 0 radical (unpaired) electrons. The van der Waals surface area contributed by atoms with Crippen LogP contribution in [0.4, 0.5) is 0 Å². The van der Waals surface area contributed by atoms with Crippen molar-refractivity contribution < 1.29 is 0 Å². The van der Waals surface area contributed by atoms with Crippen molar-refractivity contribution in [3.63, 3.8) is 0 Å². The first-order chi connectivity index (χ1) is 6.47. The minimum atomic E-state index is 0.101. The summed E-state index contributed by atoms with van der Waals surface area (Å²) in [4.78, 5) is 0. The number of nitrogens with two attached hydrogens (primary N) is 1. The molecule has 0 heterocycles. The van der Waals surface area contributed by atoms with Crippen molar-refractivity contribution in [2.75, 3.05) is 13.1 Å². The van der Waals surface area contributed by atoms with Gasteiger partial charge in [-0.25, -0.2) is 0 Å². The van der Waals surface area contributed by atoms with Crippen molar-refractivity contribution in [1.29, 1.82) is 0 Å². The Morgan fingerprint density at radius 2 is 1.86 bits per heavy atom. The fraction of sp³-hybridized carbons (Fsp3) is 1.00. The zero-order valence-electron chi connectivity index (χ0n) is 10.0. The maximum atomic E-state index is 6.27. The maximum absolute atomic E-state index is 6.27. The van der Waals surface area contributed by atoms with E-state index in [1.54, 1.807) is 0 Å². The molecule has 0 aromatic heterocycles. The molecule has 0 bridgehead atoms. The van der Waals surface area contributed by atoms with Crippen LogP contribution in [0.5, 0.6) is 0 Å². The zero-order valence-corrected chi connectivity index (χ0v) is 10.0. The molecule has 2 nitrogen and oxygen atoms in total. The van der Waals surface area contributed by atoms with Crippen LogP contribution in [0, 0.1) is 5.41 Å². The second-order valence-corrected chi connectivity index (χ2v) is 5.69. The molecule has 1 aliphatic carbocycles. The quantitative estimate of drug-likeness (QED) is 0.711. The van der Waals surface area contributed by atoms with Crippen LogP contribution in [0.25, 0.3) is 0 Å². The second-order valence-electron chi connectivity index (χ2n) is 5.69. The summed E-state index contributed by atoms with van der Waals surface area (Å²) in [5, 5.41) is 3.53. The Bertz CT molecular complexity index is 169. The van der Waals surface area contributed by atoms with E-state index in [0.29, 0.717) is 5.41 Å². The van der Waals surface area contributed by atoms with Crippen LogP contribution in [-0.4, -0.2) is 18.6 Å². The van der Waals surface area contributed by atoms with Crippen molar-refractivity contribution in [3.05, 3.63) is 0 Å². The van der Waals surface area contributed by atoms with Crippen molar-refractivity contribution in [2.45, 2.75) is 58.4 Å². The summed E-state index contributed by atoms with van der Waals surface area (Å²) >= 11 is 0. The number of nitrogens with one attached hydrogen (secondary N) is 1. The van der Waals surface area contributed by atoms with Crippen LogP contribution in [-0.2, 0) is 0 Å². The predicted molar refractivity (Wildman–Crippen MR) is 62.3 cm³/mol. The number of rotatable bonds is 5. The Balaban J connectivity index is 2.20. The molecule has 1 rings (SSSR count). The van der Waals surface area contributed by atoms with E-state index in [1.165, 1.54) is 32.1 Å². The summed E-state index contributed by atoms with van der Waals surface area (Å²) in [5.41, 5.74) is 6.78. The lowest BCUT2D eigenvalue weighted by Crippen LogP contribution is -2.48. The molecule has 1 fully saturated rings. The molecule has 0 aromatic carbocycles. The van der Waals surface area contributed by atoms with Crippen molar-refractivity contribution in [2.24, 2.45) is 11.1 Å². The van der Waals surface area contributed by atoms with E-state index in [1.807, 2.05) is 0 Å². The molecule has 1 saturated carbocycles. The second kappa shape index (κ2) is 4.63. The lowest BCUT2D eigenvalue weighted by molar-refractivity contribution is 0.303. The Morgan fingerprint density at radius 1 is 1.29 bits per heavy atom. The molecule has 1 aliphatic rings. The highest BCUT2D eigenvalue weighted by Crippen LogP contribution is 2.26. The summed E-state index contributed by atoms with van der Waals surface area (Å²) in [6.45, 7) is 8.93. The first-order valence-electron chi connectivity index (χ1n) is 5.97. The van der Waals surface area contributed by atoms with Gasteiger partial charge in [-0.1, -0.05) is 33.6 Å². The van der Waals surface area contributed by atoms with Gasteiger partial charge >= 0.3 is 0 Å². The van der Waals surface area contributed by atoms with Gasteiger partial charge in [0.2, 0.25) is 0 Å². The molecular weight excluding hydrogens is 172 g/mol. The van der Waals surface area contributed by atoms with E-state index in [4.69, 9.17) is 5.73 Å². The third-order valence-electron chi connectivity index (χ3n) is 3.64. The van der Waals surface area contributed by atoms with Gasteiger partial charge in [0, 0.05) is 18.6 Å². The van der Waals surface area contributed by atoms with Crippen LogP contribution in [0.2, 0.25) is 0 Å². The Morgan fingerprint density at radius 3 is 2.36 bits per heavy atom. The minimum absolute atomic E-state index is 0.101. The molecule has 0 unspecified atom stereocenters. The standard InChI is InChI=1S/C12H26N2/c1-4-11(2,3)9-14-10-12(13)7-5-6-8-12/h14H,4-10,13H2,1-3H3. The fourth-order valence-electron chi connectivity index (χ4n) is 2.03. The van der Waals surface area contributed by atoms with Gasteiger partial charge in [-0.05, 0) is 24.7 Å². The third kappa shape index (κ3) is 3.58. The molecule has 2 heteroatoms. The molecule has 0 aliphatic heterocycles. The van der Waals surface area contributed by atoms with Crippen molar-refractivity contribution in [1.82, 2.24) is 5.32 Å². The normalized spacial score (nSPS) is 21.4. The molecule has 14 heavy (non-hydrogen) atoms. The highest BCUT2D eigenvalue weighted by molar-refractivity contribution is 4.91. The molecule has 0 aromatic rings. The topological polar surface area (TPSA) is 38.0 Å². The van der Waals surface area contributed by atoms with Gasteiger partial charge in [0.1, 0.15) is 0 Å². The van der Waals surface area contributed by atoms with Gasteiger partial charge in [-0.3, -0.25) is 0 Å². The Kier molecular flexibility index (Phi) is 3.96. The highest BCUT2D eigenvalue weighted by atomic mass is 14.9. The van der Waals surface area contributed by atoms with Crippen molar-refractivity contribution >= 4 is 0 Å². The predicted octanol–water partition coefficient (Wildman–Crippen LogP) is 2.28. The Labute approximate surface area is 88.6 Å². The number of hydrogen-bond acceptors (Lipinski definition) is 2. The first kappa shape index (κ1) is 12.0. The average Bonchev–Trinajstić information content (AvgIpc) is 2.52. The van der Waals surface area contributed by atoms with Gasteiger partial charge < -0.3 is 11.1 Å². The third-order valence-corrected chi connectivity index (χ3v) is 3.64.